The lowest BCUT2D eigenvalue weighted by atomic mass is 10.1. The Balaban J connectivity index is 1.71. The number of amides is 1. The molecular weight excluding hydrogens is 322 g/mol. The van der Waals surface area contributed by atoms with Gasteiger partial charge in [0.05, 0.1) is 6.42 Å². The van der Waals surface area contributed by atoms with Crippen LogP contribution in [0.5, 0.6) is 0 Å². The van der Waals surface area contributed by atoms with E-state index < -0.39 is 0 Å². The van der Waals surface area contributed by atoms with Crippen LogP contribution < -0.4 is 5.32 Å². The Morgan fingerprint density at radius 3 is 2.46 bits per heavy atom. The maximum atomic E-state index is 12.0. The van der Waals surface area contributed by atoms with Crippen LogP contribution in [0.3, 0.4) is 0 Å². The summed E-state index contributed by atoms with van der Waals surface area (Å²) in [5.74, 6) is -0.498. The van der Waals surface area contributed by atoms with Crippen LogP contribution in [0.2, 0.25) is 0 Å². The zero-order valence-corrected chi connectivity index (χ0v) is 14.7. The molecule has 2 aromatic carbocycles. The summed E-state index contributed by atoms with van der Waals surface area (Å²) in [5, 5.41) is 2.74. The van der Waals surface area contributed by atoms with Crippen molar-refractivity contribution in [3.8, 4) is 0 Å². The lowest BCUT2D eigenvalue weighted by Gasteiger charge is -2.08. The molecule has 0 atom stereocenters. The van der Waals surface area contributed by atoms with E-state index >= 15 is 0 Å². The third-order valence-corrected chi connectivity index (χ3v) is 4.31. The number of carbonyl (C=O) groups is 2. The molecule has 0 saturated heterocycles. The Morgan fingerprint density at radius 2 is 1.79 bits per heavy atom. The second-order valence-corrected chi connectivity index (χ2v) is 6.21. The number of ether oxygens (including phenoxy) is 1. The fourth-order valence-electron chi connectivity index (χ4n) is 2.16. The summed E-state index contributed by atoms with van der Waals surface area (Å²) in [6.45, 7) is 2.39. The zero-order chi connectivity index (χ0) is 17.4. The first kappa shape index (κ1) is 18.1. The number of hydrogen-bond acceptors (Lipinski definition) is 4. The monoisotopic (exact) mass is 343 g/mol. The normalized spacial score (nSPS) is 10.2. The van der Waals surface area contributed by atoms with E-state index in [1.54, 1.807) is 17.8 Å². The van der Waals surface area contributed by atoms with Crippen molar-refractivity contribution in [3.63, 3.8) is 0 Å². The molecule has 0 heterocycles. The van der Waals surface area contributed by atoms with Crippen molar-refractivity contribution in [1.29, 1.82) is 0 Å². The number of nitrogens with one attached hydrogen (secondary N) is 1. The summed E-state index contributed by atoms with van der Waals surface area (Å²) in [5.41, 5.74) is 2.48. The minimum absolute atomic E-state index is 0.153. The number of hydrogen-bond donors (Lipinski definition) is 1. The molecule has 0 aliphatic carbocycles. The van der Waals surface area contributed by atoms with E-state index in [-0.39, 0.29) is 31.4 Å². The largest absolute Gasteiger partial charge is 0.461 e. The van der Waals surface area contributed by atoms with Crippen LogP contribution in [-0.2, 0) is 16.1 Å². The predicted octanol–water partition coefficient (Wildman–Crippen LogP) is 3.58. The summed E-state index contributed by atoms with van der Waals surface area (Å²) in [4.78, 5) is 24.9. The molecule has 24 heavy (non-hydrogen) atoms. The van der Waals surface area contributed by atoms with Gasteiger partial charge in [-0.1, -0.05) is 30.3 Å². The molecule has 0 aliphatic heterocycles. The van der Waals surface area contributed by atoms with Gasteiger partial charge in [-0.05, 0) is 42.5 Å². The summed E-state index contributed by atoms with van der Waals surface area (Å²) < 4.78 is 5.22. The van der Waals surface area contributed by atoms with Gasteiger partial charge in [0.25, 0.3) is 5.91 Å². The first-order chi connectivity index (χ1) is 11.6. The topological polar surface area (TPSA) is 55.4 Å². The van der Waals surface area contributed by atoms with Gasteiger partial charge in [-0.15, -0.1) is 11.8 Å². The van der Waals surface area contributed by atoms with Crippen molar-refractivity contribution in [2.45, 2.75) is 24.8 Å². The average molecular weight is 343 g/mol. The van der Waals surface area contributed by atoms with E-state index in [0.717, 1.165) is 11.1 Å². The second-order valence-electron chi connectivity index (χ2n) is 5.33. The Kier molecular flexibility index (Phi) is 6.88. The molecule has 2 rings (SSSR count). The third kappa shape index (κ3) is 5.42. The van der Waals surface area contributed by atoms with Gasteiger partial charge in [0.2, 0.25) is 0 Å². The molecule has 1 amide bonds. The maximum absolute atomic E-state index is 12.0. The zero-order valence-electron chi connectivity index (χ0n) is 13.9. The Morgan fingerprint density at radius 1 is 1.08 bits per heavy atom. The smallest absolute Gasteiger partial charge is 0.307 e. The van der Waals surface area contributed by atoms with Crippen LogP contribution in [0.1, 0.15) is 27.9 Å². The van der Waals surface area contributed by atoms with E-state index in [1.165, 1.54) is 4.90 Å². The molecule has 0 aliphatic rings. The summed E-state index contributed by atoms with van der Waals surface area (Å²) >= 11 is 1.67. The molecular formula is C19H21NO3S. The average Bonchev–Trinajstić information content (AvgIpc) is 2.60. The van der Waals surface area contributed by atoms with Gasteiger partial charge in [0.1, 0.15) is 6.61 Å². The number of rotatable bonds is 7. The molecule has 4 nitrogen and oxygen atoms in total. The van der Waals surface area contributed by atoms with Gasteiger partial charge >= 0.3 is 5.97 Å². The molecule has 126 valence electrons. The summed E-state index contributed by atoms with van der Waals surface area (Å²) in [6.07, 6.45) is 2.17. The van der Waals surface area contributed by atoms with Gasteiger partial charge in [-0.3, -0.25) is 9.59 Å². The highest BCUT2D eigenvalue weighted by Crippen LogP contribution is 2.15. The number of thioether (sulfide) groups is 1. The second kappa shape index (κ2) is 9.13. The SMILES string of the molecule is CSc1ccc(COC(=O)CCNC(=O)c2ccccc2C)cc1. The lowest BCUT2D eigenvalue weighted by molar-refractivity contribution is -0.144. The molecule has 0 unspecified atom stereocenters. The van der Waals surface area contributed by atoms with Crippen molar-refractivity contribution >= 4 is 23.6 Å². The molecule has 0 aromatic heterocycles. The third-order valence-electron chi connectivity index (χ3n) is 3.56. The van der Waals surface area contributed by atoms with Gasteiger partial charge < -0.3 is 10.1 Å². The van der Waals surface area contributed by atoms with Crippen LogP contribution in [0, 0.1) is 6.92 Å². The van der Waals surface area contributed by atoms with Crippen molar-refractivity contribution < 1.29 is 14.3 Å². The first-order valence-corrected chi connectivity index (χ1v) is 8.95. The Hall–Kier alpha value is -2.27. The molecule has 0 spiro atoms. The number of carbonyl (C=O) groups excluding carboxylic acids is 2. The molecule has 0 saturated carbocycles. The Labute approximate surface area is 146 Å². The molecule has 0 fully saturated rings. The maximum Gasteiger partial charge on any atom is 0.307 e. The van der Waals surface area contributed by atoms with Crippen molar-refractivity contribution in [2.24, 2.45) is 0 Å². The number of aryl methyl sites for hydroxylation is 1. The highest BCUT2D eigenvalue weighted by molar-refractivity contribution is 7.98. The fraction of sp³-hybridized carbons (Fsp3) is 0.263. The number of esters is 1. The predicted molar refractivity (Wildman–Crippen MR) is 96.1 cm³/mol. The van der Waals surface area contributed by atoms with Crippen LogP contribution in [0.25, 0.3) is 0 Å². The molecule has 2 aromatic rings. The lowest BCUT2D eigenvalue weighted by Crippen LogP contribution is -2.27. The standard InChI is InChI=1S/C19H21NO3S/c1-14-5-3-4-6-17(14)19(22)20-12-11-18(21)23-13-15-7-9-16(24-2)10-8-15/h3-10H,11-13H2,1-2H3,(H,20,22). The van der Waals surface area contributed by atoms with Gasteiger partial charge in [-0.2, -0.15) is 0 Å². The molecule has 0 bridgehead atoms. The van der Waals surface area contributed by atoms with E-state index in [0.29, 0.717) is 5.56 Å². The first-order valence-electron chi connectivity index (χ1n) is 7.72. The molecule has 0 radical (unpaired) electrons. The van der Waals surface area contributed by atoms with Crippen molar-refractivity contribution in [3.05, 3.63) is 65.2 Å². The fourth-order valence-corrected chi connectivity index (χ4v) is 2.57. The van der Waals surface area contributed by atoms with E-state index in [9.17, 15) is 9.59 Å². The van der Waals surface area contributed by atoms with Gasteiger partial charge in [-0.25, -0.2) is 0 Å². The highest BCUT2D eigenvalue weighted by Gasteiger charge is 2.09. The molecule has 1 N–H and O–H groups in total. The van der Waals surface area contributed by atoms with E-state index in [2.05, 4.69) is 5.32 Å². The number of benzene rings is 2. The van der Waals surface area contributed by atoms with Crippen molar-refractivity contribution in [1.82, 2.24) is 5.32 Å². The van der Waals surface area contributed by atoms with Gasteiger partial charge in [0.15, 0.2) is 0 Å². The summed E-state index contributed by atoms with van der Waals surface area (Å²) in [6, 6.07) is 15.2. The van der Waals surface area contributed by atoms with Crippen LogP contribution >= 0.6 is 11.8 Å². The highest BCUT2D eigenvalue weighted by atomic mass is 32.2. The van der Waals surface area contributed by atoms with E-state index in [4.69, 9.17) is 4.74 Å². The van der Waals surface area contributed by atoms with Gasteiger partial charge in [0, 0.05) is 17.0 Å². The van der Waals surface area contributed by atoms with E-state index in [1.807, 2.05) is 55.6 Å². The summed E-state index contributed by atoms with van der Waals surface area (Å²) in [7, 11) is 0. The minimum Gasteiger partial charge on any atom is -0.461 e. The Bertz CT molecular complexity index is 698. The quantitative estimate of drug-likeness (QED) is 0.617. The van der Waals surface area contributed by atoms with Crippen molar-refractivity contribution in [2.75, 3.05) is 12.8 Å². The van der Waals surface area contributed by atoms with Crippen LogP contribution in [0.4, 0.5) is 0 Å². The van der Waals surface area contributed by atoms with Crippen LogP contribution in [0.15, 0.2) is 53.4 Å². The van der Waals surface area contributed by atoms with Crippen LogP contribution in [-0.4, -0.2) is 24.7 Å². The minimum atomic E-state index is -0.325. The molecule has 5 heteroatoms.